The van der Waals surface area contributed by atoms with E-state index < -0.39 is 0 Å². The van der Waals surface area contributed by atoms with Crippen LogP contribution in [0.15, 0.2) is 29.2 Å². The molecule has 0 bridgehead atoms. The van der Waals surface area contributed by atoms with Gasteiger partial charge in [0.1, 0.15) is 5.02 Å². The van der Waals surface area contributed by atoms with Crippen LogP contribution in [0.3, 0.4) is 0 Å². The number of halogens is 1. The number of nitrogens with zero attached hydrogens (tertiary/aromatic N) is 1. The van der Waals surface area contributed by atoms with E-state index in [2.05, 4.69) is 4.98 Å². The van der Waals surface area contributed by atoms with Gasteiger partial charge in [0.15, 0.2) is 0 Å². The van der Waals surface area contributed by atoms with E-state index in [4.69, 9.17) is 11.6 Å². The van der Waals surface area contributed by atoms with Crippen LogP contribution in [0, 0.1) is 0 Å². The third-order valence-electron chi connectivity index (χ3n) is 2.84. The molecule has 4 nitrogen and oxygen atoms in total. The summed E-state index contributed by atoms with van der Waals surface area (Å²) in [7, 11) is 0. The molecule has 2 heterocycles. The van der Waals surface area contributed by atoms with E-state index >= 15 is 0 Å². The molecule has 1 aromatic heterocycles. The molecule has 1 atom stereocenters. The predicted octanol–water partition coefficient (Wildman–Crippen LogP) is 1.82. The van der Waals surface area contributed by atoms with Gasteiger partial charge in [0.2, 0.25) is 0 Å². The quantitative estimate of drug-likeness (QED) is 0.817. The summed E-state index contributed by atoms with van der Waals surface area (Å²) >= 11 is 5.70. The minimum atomic E-state index is -0.380. The van der Waals surface area contributed by atoms with Crippen molar-refractivity contribution >= 4 is 17.5 Å². The zero-order valence-electron chi connectivity index (χ0n) is 9.44. The number of aromatic nitrogens is 1. The van der Waals surface area contributed by atoms with E-state index in [-0.39, 0.29) is 22.5 Å². The van der Waals surface area contributed by atoms with Gasteiger partial charge in [-0.1, -0.05) is 30.7 Å². The van der Waals surface area contributed by atoms with Crippen LogP contribution in [0.25, 0.3) is 0 Å². The van der Waals surface area contributed by atoms with Crippen molar-refractivity contribution in [2.45, 2.75) is 19.4 Å². The summed E-state index contributed by atoms with van der Waals surface area (Å²) in [5, 5.41) is 0.0380. The molecule has 0 spiro atoms. The lowest BCUT2D eigenvalue weighted by Crippen LogP contribution is -2.36. The molecular formula is C12H13ClN2O2. The number of H-pyrrole nitrogens is 1. The molecule has 0 aromatic carbocycles. The fourth-order valence-electron chi connectivity index (χ4n) is 1.91. The van der Waals surface area contributed by atoms with Crippen LogP contribution in [0.1, 0.15) is 23.7 Å². The monoisotopic (exact) mass is 252 g/mol. The predicted molar refractivity (Wildman–Crippen MR) is 66.3 cm³/mol. The fourth-order valence-corrected chi connectivity index (χ4v) is 2.08. The van der Waals surface area contributed by atoms with E-state index in [1.807, 2.05) is 19.1 Å². The summed E-state index contributed by atoms with van der Waals surface area (Å²) in [5.74, 6) is -0.111. The Morgan fingerprint density at radius 2 is 2.41 bits per heavy atom. The minimum Gasteiger partial charge on any atom is -0.328 e. The molecule has 1 aromatic rings. The first-order valence-electron chi connectivity index (χ1n) is 5.49. The van der Waals surface area contributed by atoms with Crippen LogP contribution in [-0.2, 0) is 0 Å². The number of rotatable bonds is 2. The van der Waals surface area contributed by atoms with Gasteiger partial charge in [-0.15, -0.1) is 0 Å². The fraction of sp³-hybridized carbons (Fsp3) is 0.333. The lowest BCUT2D eigenvalue weighted by atomic mass is 10.2. The summed E-state index contributed by atoms with van der Waals surface area (Å²) in [6.45, 7) is 2.63. The number of carbonyl (C=O) groups is 1. The Labute approximate surface area is 104 Å². The number of pyridine rings is 1. The number of amides is 1. The summed E-state index contributed by atoms with van der Waals surface area (Å²) in [5.41, 5.74) is 0.0338. The molecule has 0 aliphatic carbocycles. The van der Waals surface area contributed by atoms with E-state index in [0.717, 1.165) is 6.42 Å². The topological polar surface area (TPSA) is 53.2 Å². The van der Waals surface area contributed by atoms with Gasteiger partial charge in [0.05, 0.1) is 11.6 Å². The second kappa shape index (κ2) is 4.75. The Bertz CT molecular complexity index is 521. The third-order valence-corrected chi connectivity index (χ3v) is 3.13. The highest BCUT2D eigenvalue weighted by atomic mass is 35.5. The van der Waals surface area contributed by atoms with Gasteiger partial charge in [-0.25, -0.2) is 0 Å². The highest BCUT2D eigenvalue weighted by molar-refractivity contribution is 6.30. The standard InChI is InChI=1S/C12H13ClN2O2/c1-2-9-4-3-5-15(9)12(17)8-6-10(13)11(16)14-7-8/h3-4,6-7,9H,2,5H2,1H3,(H,14,16). The molecule has 1 unspecified atom stereocenters. The van der Waals surface area contributed by atoms with E-state index in [1.165, 1.54) is 12.3 Å². The smallest absolute Gasteiger partial charge is 0.266 e. The molecule has 0 radical (unpaired) electrons. The first-order valence-corrected chi connectivity index (χ1v) is 5.87. The van der Waals surface area contributed by atoms with Crippen molar-refractivity contribution < 1.29 is 4.79 Å². The van der Waals surface area contributed by atoms with Gasteiger partial charge < -0.3 is 9.88 Å². The summed E-state index contributed by atoms with van der Waals surface area (Å²) < 4.78 is 0. The molecule has 0 fully saturated rings. The zero-order valence-corrected chi connectivity index (χ0v) is 10.2. The van der Waals surface area contributed by atoms with Crippen LogP contribution >= 0.6 is 11.6 Å². The maximum atomic E-state index is 12.2. The van der Waals surface area contributed by atoms with Crippen LogP contribution in [0.4, 0.5) is 0 Å². The Kier molecular flexibility index (Phi) is 3.33. The number of hydrogen-bond donors (Lipinski definition) is 1. The second-order valence-corrected chi connectivity index (χ2v) is 4.33. The van der Waals surface area contributed by atoms with Gasteiger partial charge in [-0.05, 0) is 12.5 Å². The molecule has 90 valence electrons. The lowest BCUT2D eigenvalue weighted by molar-refractivity contribution is 0.0747. The first-order chi connectivity index (χ1) is 8.13. The largest absolute Gasteiger partial charge is 0.328 e. The third kappa shape index (κ3) is 2.26. The van der Waals surface area contributed by atoms with Crippen LogP contribution < -0.4 is 5.56 Å². The summed E-state index contributed by atoms with van der Waals surface area (Å²) in [6.07, 6.45) is 6.27. The van der Waals surface area contributed by atoms with Crippen molar-refractivity contribution in [1.29, 1.82) is 0 Å². The molecule has 2 rings (SSSR count). The molecule has 0 saturated carbocycles. The Morgan fingerprint density at radius 1 is 1.65 bits per heavy atom. The summed E-state index contributed by atoms with van der Waals surface area (Å²) in [4.78, 5) is 27.5. The number of carbonyl (C=O) groups excluding carboxylic acids is 1. The van der Waals surface area contributed by atoms with Crippen molar-refractivity contribution in [1.82, 2.24) is 9.88 Å². The van der Waals surface area contributed by atoms with Crippen molar-refractivity contribution in [3.8, 4) is 0 Å². The average Bonchev–Trinajstić information content (AvgIpc) is 2.80. The molecule has 1 N–H and O–H groups in total. The molecule has 1 aliphatic rings. The minimum absolute atomic E-state index is 0.0380. The van der Waals surface area contributed by atoms with E-state index in [1.54, 1.807) is 4.90 Å². The number of aromatic amines is 1. The second-order valence-electron chi connectivity index (χ2n) is 3.93. The Balaban J connectivity index is 2.25. The molecule has 17 heavy (non-hydrogen) atoms. The van der Waals surface area contributed by atoms with Crippen molar-refractivity contribution in [2.24, 2.45) is 0 Å². The van der Waals surface area contributed by atoms with Gasteiger partial charge in [0.25, 0.3) is 11.5 Å². The molecule has 1 aliphatic heterocycles. The van der Waals surface area contributed by atoms with Crippen LogP contribution in [0.5, 0.6) is 0 Å². The maximum Gasteiger partial charge on any atom is 0.266 e. The SMILES string of the molecule is CCC1C=CCN1C(=O)c1c[nH]c(=O)c(Cl)c1. The molecular weight excluding hydrogens is 240 g/mol. The first kappa shape index (κ1) is 11.9. The van der Waals surface area contributed by atoms with Crippen molar-refractivity contribution in [2.75, 3.05) is 6.54 Å². The van der Waals surface area contributed by atoms with Gasteiger partial charge in [-0.2, -0.15) is 0 Å². The van der Waals surface area contributed by atoms with Gasteiger partial charge in [0, 0.05) is 12.7 Å². The summed E-state index contributed by atoms with van der Waals surface area (Å²) in [6, 6.07) is 1.54. The molecule has 0 saturated heterocycles. The maximum absolute atomic E-state index is 12.2. The van der Waals surface area contributed by atoms with E-state index in [9.17, 15) is 9.59 Å². The molecule has 5 heteroatoms. The van der Waals surface area contributed by atoms with Crippen LogP contribution in [0.2, 0.25) is 5.02 Å². The highest BCUT2D eigenvalue weighted by Gasteiger charge is 2.24. The molecule has 1 amide bonds. The average molecular weight is 253 g/mol. The van der Waals surface area contributed by atoms with Crippen molar-refractivity contribution in [3.63, 3.8) is 0 Å². The lowest BCUT2D eigenvalue weighted by Gasteiger charge is -2.23. The number of nitrogens with one attached hydrogen (secondary N) is 1. The van der Waals surface area contributed by atoms with Gasteiger partial charge >= 0.3 is 0 Å². The van der Waals surface area contributed by atoms with Crippen molar-refractivity contribution in [3.05, 3.63) is 45.4 Å². The van der Waals surface area contributed by atoms with E-state index in [0.29, 0.717) is 12.1 Å². The Morgan fingerprint density at radius 3 is 3.06 bits per heavy atom. The highest BCUT2D eigenvalue weighted by Crippen LogP contribution is 2.17. The Hall–Kier alpha value is -1.55. The normalized spacial score (nSPS) is 18.7. The zero-order chi connectivity index (χ0) is 12.4. The van der Waals surface area contributed by atoms with Crippen LogP contribution in [-0.4, -0.2) is 28.4 Å². The van der Waals surface area contributed by atoms with Gasteiger partial charge in [-0.3, -0.25) is 9.59 Å². The number of hydrogen-bond acceptors (Lipinski definition) is 2.